The molecule has 0 fully saturated rings. The zero-order valence-corrected chi connectivity index (χ0v) is 28.8. The summed E-state index contributed by atoms with van der Waals surface area (Å²) in [5.74, 6) is 1.97. The Morgan fingerprint density at radius 2 is 1.14 bits per heavy atom. The number of halogens is 1. The molecule has 256 valence electrons. The zero-order chi connectivity index (χ0) is 35.5. The van der Waals surface area contributed by atoms with E-state index in [0.717, 1.165) is 47.0 Å². The Bertz CT molecular complexity index is 2090. The largest absolute Gasteiger partial charge is 0.370 e. The molecule has 0 aliphatic carbocycles. The quantitative estimate of drug-likeness (QED) is 0.0786. The highest BCUT2D eigenvalue weighted by Gasteiger charge is 2.10. The Balaban J connectivity index is 0.000000200. The zero-order valence-electron chi connectivity index (χ0n) is 28.0. The molecule has 0 atom stereocenters. The van der Waals surface area contributed by atoms with Gasteiger partial charge in [0.1, 0.15) is 22.6 Å². The molecule has 4 amide bonds. The van der Waals surface area contributed by atoms with Gasteiger partial charge in [0.25, 0.3) is 0 Å². The number of anilines is 5. The second-order valence-electron chi connectivity index (χ2n) is 11.4. The van der Waals surface area contributed by atoms with Crippen molar-refractivity contribution in [1.29, 1.82) is 0 Å². The van der Waals surface area contributed by atoms with Gasteiger partial charge < -0.3 is 10.2 Å². The summed E-state index contributed by atoms with van der Waals surface area (Å²) < 4.78 is 0. The van der Waals surface area contributed by atoms with Crippen molar-refractivity contribution in [3.63, 3.8) is 0 Å². The third-order valence-electron chi connectivity index (χ3n) is 6.90. The van der Waals surface area contributed by atoms with E-state index in [-0.39, 0.29) is 17.0 Å². The highest BCUT2D eigenvalue weighted by molar-refractivity contribution is 6.29. The third kappa shape index (κ3) is 10.8. The van der Waals surface area contributed by atoms with Gasteiger partial charge in [0, 0.05) is 34.8 Å². The first-order valence-corrected chi connectivity index (χ1v) is 16.1. The first kappa shape index (κ1) is 35.3. The van der Waals surface area contributed by atoms with Crippen LogP contribution in [-0.2, 0) is 0 Å². The van der Waals surface area contributed by atoms with Crippen LogP contribution in [0.1, 0.15) is 17.8 Å². The molecular weight excluding hydrogens is 656 g/mol. The lowest BCUT2D eigenvalue weighted by molar-refractivity contribution is 0.261. The highest BCUT2D eigenvalue weighted by Crippen LogP contribution is 2.17. The number of nitrogens with one attached hydrogen (secondary N) is 5. The maximum Gasteiger partial charge on any atom is 0.327 e. The number of hydrogen-bond acceptors (Lipinski definition) is 10. The molecular formula is C35H37ClN12O2. The van der Waals surface area contributed by atoms with Crippen LogP contribution in [0.25, 0.3) is 21.8 Å². The molecule has 4 aromatic heterocycles. The van der Waals surface area contributed by atoms with Crippen LogP contribution in [0.2, 0.25) is 5.15 Å². The van der Waals surface area contributed by atoms with E-state index < -0.39 is 12.1 Å². The molecule has 0 saturated heterocycles. The van der Waals surface area contributed by atoms with Crippen molar-refractivity contribution >= 4 is 74.8 Å². The van der Waals surface area contributed by atoms with Crippen molar-refractivity contribution in [2.75, 3.05) is 53.8 Å². The number of benzene rings is 2. The van der Waals surface area contributed by atoms with Crippen LogP contribution in [0, 0.1) is 13.8 Å². The van der Waals surface area contributed by atoms with Crippen LogP contribution >= 0.6 is 11.6 Å². The minimum absolute atomic E-state index is 0.142. The summed E-state index contributed by atoms with van der Waals surface area (Å²) in [6.45, 7) is 5.41. The van der Waals surface area contributed by atoms with E-state index in [1.807, 2.05) is 87.7 Å². The molecule has 50 heavy (non-hydrogen) atoms. The molecule has 6 rings (SSSR count). The average molecular weight is 693 g/mol. The summed E-state index contributed by atoms with van der Waals surface area (Å²) in [7, 11) is 4.08. The summed E-state index contributed by atoms with van der Waals surface area (Å²) in [6.07, 6.45) is 0.993. The second-order valence-corrected chi connectivity index (χ2v) is 11.8. The van der Waals surface area contributed by atoms with Crippen molar-refractivity contribution < 1.29 is 9.59 Å². The molecule has 2 aromatic carbocycles. The second kappa shape index (κ2) is 16.9. The number of carbonyl (C=O) groups excluding carboxylic acids is 2. The molecule has 0 spiro atoms. The van der Waals surface area contributed by atoms with Crippen molar-refractivity contribution in [2.24, 2.45) is 0 Å². The first-order valence-electron chi connectivity index (χ1n) is 15.7. The van der Waals surface area contributed by atoms with E-state index in [9.17, 15) is 9.59 Å². The predicted molar refractivity (Wildman–Crippen MR) is 199 cm³/mol. The summed E-state index contributed by atoms with van der Waals surface area (Å²) in [5.41, 5.74) is 3.05. The number of aryl methyl sites for hydroxylation is 2. The standard InChI is InChI=1S/C20H25N7O.C15H12ClN5O/c1-14-13-18(21-11-6-12-27(2)3)24-19(22-14)26-20(28)25-17-10-9-15-7-4-5-8-16(15)23-17;1-9-8-12(16)19-14(17-9)21-15(22)20-13-7-6-10-4-2-3-5-11(10)18-13/h4-5,7-10,13H,6,11-12H2,1-3H3,(H3,21,22,23,24,25,26,28);2-8H,1H3,(H2,17,18,19,20,21,22). The molecule has 6 aromatic rings. The lowest BCUT2D eigenvalue weighted by atomic mass is 10.2. The minimum Gasteiger partial charge on any atom is -0.370 e. The topological polar surface area (TPSA) is 175 Å². The number of fused-ring (bicyclic) bond motifs is 2. The molecule has 5 N–H and O–H groups in total. The molecule has 4 heterocycles. The fourth-order valence-corrected chi connectivity index (χ4v) is 4.92. The Morgan fingerprint density at radius 3 is 1.68 bits per heavy atom. The minimum atomic E-state index is -0.482. The van der Waals surface area contributed by atoms with E-state index in [0.29, 0.717) is 23.1 Å². The Kier molecular flexibility index (Phi) is 11.9. The molecule has 0 aliphatic heterocycles. The van der Waals surface area contributed by atoms with E-state index in [2.05, 4.69) is 61.4 Å². The van der Waals surface area contributed by atoms with Crippen LogP contribution in [0.3, 0.4) is 0 Å². The van der Waals surface area contributed by atoms with Gasteiger partial charge in [-0.15, -0.1) is 0 Å². The maximum atomic E-state index is 12.3. The van der Waals surface area contributed by atoms with Gasteiger partial charge in [-0.3, -0.25) is 21.3 Å². The number of hydrogen-bond donors (Lipinski definition) is 5. The molecule has 0 radical (unpaired) electrons. The molecule has 0 saturated carbocycles. The number of rotatable bonds is 9. The number of urea groups is 2. The predicted octanol–water partition coefficient (Wildman–Crippen LogP) is 6.97. The summed E-state index contributed by atoms with van der Waals surface area (Å²) in [6, 6.07) is 25.2. The lowest BCUT2D eigenvalue weighted by Gasteiger charge is -2.12. The molecule has 0 aliphatic rings. The first-order chi connectivity index (χ1) is 24.1. The number of pyridine rings is 2. The van der Waals surface area contributed by atoms with Crippen LogP contribution in [0.15, 0.2) is 84.9 Å². The maximum absolute atomic E-state index is 12.3. The van der Waals surface area contributed by atoms with E-state index in [1.54, 1.807) is 25.1 Å². The van der Waals surface area contributed by atoms with Gasteiger partial charge in [-0.1, -0.05) is 48.0 Å². The molecule has 14 nitrogen and oxygen atoms in total. The van der Waals surface area contributed by atoms with Crippen molar-refractivity contribution in [1.82, 2.24) is 34.8 Å². The molecule has 0 unspecified atom stereocenters. The summed E-state index contributed by atoms with van der Waals surface area (Å²) in [5, 5.41) is 16.1. The van der Waals surface area contributed by atoms with Crippen molar-refractivity contribution in [3.8, 4) is 0 Å². The highest BCUT2D eigenvalue weighted by atomic mass is 35.5. The number of nitrogens with zero attached hydrogens (tertiary/aromatic N) is 7. The molecule has 15 heteroatoms. The van der Waals surface area contributed by atoms with Gasteiger partial charge in [0.05, 0.1) is 11.0 Å². The SMILES string of the molecule is Cc1cc(Cl)nc(NC(=O)Nc2ccc3ccccc3n2)n1.Cc1cc(NCCCN(C)C)nc(NC(=O)Nc2ccc3ccccc3n2)n1. The lowest BCUT2D eigenvalue weighted by Crippen LogP contribution is -2.22. The Morgan fingerprint density at radius 1 is 0.620 bits per heavy atom. The van der Waals surface area contributed by atoms with E-state index >= 15 is 0 Å². The average Bonchev–Trinajstić information content (AvgIpc) is 3.06. The van der Waals surface area contributed by atoms with Gasteiger partial charge in [-0.05, 0) is 83.4 Å². The third-order valence-corrected chi connectivity index (χ3v) is 7.09. The van der Waals surface area contributed by atoms with Crippen molar-refractivity contribution in [3.05, 3.63) is 101 Å². The van der Waals surface area contributed by atoms with E-state index in [1.165, 1.54) is 0 Å². The smallest absolute Gasteiger partial charge is 0.327 e. The van der Waals surface area contributed by atoms with Crippen LogP contribution in [-0.4, -0.2) is 74.1 Å². The monoisotopic (exact) mass is 692 g/mol. The molecule has 0 bridgehead atoms. The number of aromatic nitrogens is 6. The van der Waals surface area contributed by atoms with Gasteiger partial charge in [0.15, 0.2) is 0 Å². The fourth-order valence-electron chi connectivity index (χ4n) is 4.68. The van der Waals surface area contributed by atoms with Gasteiger partial charge >= 0.3 is 12.1 Å². The summed E-state index contributed by atoms with van der Waals surface area (Å²) >= 11 is 5.82. The number of amides is 4. The number of para-hydroxylation sites is 2. The van der Waals surface area contributed by atoms with Gasteiger partial charge in [-0.2, -0.15) is 4.98 Å². The number of carbonyl (C=O) groups is 2. The summed E-state index contributed by atoms with van der Waals surface area (Å²) in [4.78, 5) is 51.8. The Hall–Kier alpha value is -5.99. The normalized spacial score (nSPS) is 10.7. The van der Waals surface area contributed by atoms with Gasteiger partial charge in [0.2, 0.25) is 11.9 Å². The van der Waals surface area contributed by atoms with Crippen LogP contribution in [0.4, 0.5) is 38.9 Å². The Labute approximate surface area is 294 Å². The van der Waals surface area contributed by atoms with Crippen molar-refractivity contribution in [2.45, 2.75) is 20.3 Å². The van der Waals surface area contributed by atoms with Crippen LogP contribution in [0.5, 0.6) is 0 Å². The van der Waals surface area contributed by atoms with Crippen LogP contribution < -0.4 is 26.6 Å². The fraction of sp³-hybridized carbons (Fsp3) is 0.200. The van der Waals surface area contributed by atoms with E-state index in [4.69, 9.17) is 11.6 Å². The van der Waals surface area contributed by atoms with Gasteiger partial charge in [-0.25, -0.2) is 34.5 Å².